The van der Waals surface area contributed by atoms with Crippen molar-refractivity contribution in [1.82, 2.24) is 0 Å². The number of carbonyl (C=O) groups excluding carboxylic acids is 5. The fraction of sp³-hybridized carbons (Fsp3) is 0.450. The standard InChI is InChI=1S/C20H18N2O10/c1-5-6-2-3-9(22(31)32)14(24)10(6)15(25)11-7(5)4-8-13(23)16(26)12(19(21)29)18(28)20(8,30)17(11)27/h2-3,5,7-8,11-13,23-24,30H,4H2,1H3,(H2,21,29)/t5-,7-,8+,11?,12?,13-,20+/m1/s1. The molecule has 0 radical (unpaired) electrons. The molecule has 0 heterocycles. The smallest absolute Gasteiger partial charge is 0.311 e. The van der Waals surface area contributed by atoms with Crippen LogP contribution in [0.2, 0.25) is 0 Å². The van der Waals surface area contributed by atoms with Crippen molar-refractivity contribution < 1.29 is 44.2 Å². The van der Waals surface area contributed by atoms with E-state index in [1.807, 2.05) is 0 Å². The Hall–Kier alpha value is -3.51. The number of aromatic hydroxyl groups is 1. The Balaban J connectivity index is 1.89. The number of primary amides is 1. The molecule has 2 fully saturated rings. The van der Waals surface area contributed by atoms with Crippen LogP contribution in [0.1, 0.15) is 35.2 Å². The Kier molecular flexibility index (Phi) is 4.57. The SMILES string of the molecule is C[C@@H]1c2ccc([N+](=O)[O-])c(O)c2C(=O)C2C(=O)[C@]3(O)C(=O)C(C(N)=O)C(=O)[C@H](O)[C@@H]3C[C@@H]21. The Morgan fingerprint density at radius 2 is 1.84 bits per heavy atom. The van der Waals surface area contributed by atoms with Crippen molar-refractivity contribution in [3.63, 3.8) is 0 Å². The van der Waals surface area contributed by atoms with E-state index in [9.17, 15) is 49.4 Å². The number of phenols is 1. The molecule has 0 bridgehead atoms. The number of Topliss-reactive ketones (excluding diaryl/α,β-unsaturated/α-hetero) is 4. The molecule has 5 N–H and O–H groups in total. The van der Waals surface area contributed by atoms with Crippen LogP contribution >= 0.6 is 0 Å². The summed E-state index contributed by atoms with van der Waals surface area (Å²) in [6.45, 7) is 1.58. The number of fused-ring (bicyclic) bond motifs is 3. The van der Waals surface area contributed by atoms with E-state index in [4.69, 9.17) is 5.73 Å². The summed E-state index contributed by atoms with van der Waals surface area (Å²) in [5, 5.41) is 43.1. The Morgan fingerprint density at radius 3 is 2.41 bits per heavy atom. The highest BCUT2D eigenvalue weighted by atomic mass is 16.6. The van der Waals surface area contributed by atoms with Gasteiger partial charge in [-0.3, -0.25) is 34.1 Å². The predicted octanol–water partition coefficient (Wildman–Crippen LogP) is -1.23. The van der Waals surface area contributed by atoms with Gasteiger partial charge in [0.25, 0.3) is 0 Å². The van der Waals surface area contributed by atoms with Gasteiger partial charge in [0.05, 0.1) is 16.4 Å². The number of carbonyl (C=O) groups is 5. The van der Waals surface area contributed by atoms with Crippen molar-refractivity contribution in [3.05, 3.63) is 33.4 Å². The maximum absolute atomic E-state index is 13.4. The summed E-state index contributed by atoms with van der Waals surface area (Å²) in [6.07, 6.45) is -2.35. The zero-order valence-electron chi connectivity index (χ0n) is 16.5. The second-order valence-electron chi connectivity index (χ2n) is 8.47. The van der Waals surface area contributed by atoms with E-state index in [0.717, 1.165) is 6.07 Å². The Labute approximate surface area is 179 Å². The Morgan fingerprint density at radius 1 is 1.22 bits per heavy atom. The third-order valence-corrected chi connectivity index (χ3v) is 7.08. The number of aliphatic hydroxyl groups excluding tert-OH is 1. The molecule has 0 aromatic heterocycles. The lowest BCUT2D eigenvalue weighted by Crippen LogP contribution is -2.72. The van der Waals surface area contributed by atoms with E-state index in [0.29, 0.717) is 0 Å². The van der Waals surface area contributed by atoms with Crippen molar-refractivity contribution >= 4 is 34.7 Å². The number of hydrogen-bond donors (Lipinski definition) is 4. The lowest BCUT2D eigenvalue weighted by atomic mass is 9.51. The first-order valence-corrected chi connectivity index (χ1v) is 9.72. The molecule has 0 aliphatic heterocycles. The third-order valence-electron chi connectivity index (χ3n) is 7.08. The summed E-state index contributed by atoms with van der Waals surface area (Å²) in [5.41, 5.74) is 1.03. The average Bonchev–Trinajstić information content (AvgIpc) is 2.71. The second-order valence-corrected chi connectivity index (χ2v) is 8.47. The minimum atomic E-state index is -3.03. The largest absolute Gasteiger partial charge is 0.502 e. The molecule has 7 atom stereocenters. The normalized spacial score (nSPS) is 36.2. The molecule has 168 valence electrons. The first-order chi connectivity index (χ1) is 14.8. The summed E-state index contributed by atoms with van der Waals surface area (Å²) >= 11 is 0. The van der Waals surface area contributed by atoms with Gasteiger partial charge in [0.15, 0.2) is 34.7 Å². The number of nitrogens with zero attached hydrogens (tertiary/aromatic N) is 1. The highest BCUT2D eigenvalue weighted by molar-refractivity contribution is 6.32. The van der Waals surface area contributed by atoms with Crippen LogP contribution in [0.15, 0.2) is 12.1 Å². The zero-order valence-corrected chi connectivity index (χ0v) is 16.5. The van der Waals surface area contributed by atoms with Gasteiger partial charge in [-0.25, -0.2) is 0 Å². The summed E-state index contributed by atoms with van der Waals surface area (Å²) in [4.78, 5) is 73.7. The molecule has 1 aromatic rings. The molecule has 12 heteroatoms. The monoisotopic (exact) mass is 446 g/mol. The number of aliphatic hydroxyl groups is 2. The maximum Gasteiger partial charge on any atom is 0.311 e. The number of nitro benzene ring substituents is 1. The summed E-state index contributed by atoms with van der Waals surface area (Å²) in [7, 11) is 0. The van der Waals surface area contributed by atoms with E-state index in [1.54, 1.807) is 6.92 Å². The van der Waals surface area contributed by atoms with Gasteiger partial charge in [-0.2, -0.15) is 0 Å². The predicted molar refractivity (Wildman–Crippen MR) is 101 cm³/mol. The van der Waals surface area contributed by atoms with Crippen LogP contribution in [0.4, 0.5) is 5.69 Å². The molecule has 0 spiro atoms. The summed E-state index contributed by atoms with van der Waals surface area (Å²) in [6, 6.07) is 2.28. The number of amides is 1. The van der Waals surface area contributed by atoms with E-state index in [-0.39, 0.29) is 12.0 Å². The van der Waals surface area contributed by atoms with E-state index >= 15 is 0 Å². The van der Waals surface area contributed by atoms with Gasteiger partial charge in [-0.15, -0.1) is 0 Å². The second kappa shape index (κ2) is 6.74. The number of rotatable bonds is 2. The third kappa shape index (κ3) is 2.47. The molecule has 4 rings (SSSR count). The maximum atomic E-state index is 13.4. The quantitative estimate of drug-likeness (QED) is 0.241. The van der Waals surface area contributed by atoms with Gasteiger partial charge in [-0.05, 0) is 23.8 Å². The van der Waals surface area contributed by atoms with Crippen molar-refractivity contribution in [3.8, 4) is 5.75 Å². The van der Waals surface area contributed by atoms with Crippen LogP contribution in [0.3, 0.4) is 0 Å². The van der Waals surface area contributed by atoms with Gasteiger partial charge >= 0.3 is 5.69 Å². The van der Waals surface area contributed by atoms with Gasteiger partial charge in [0.2, 0.25) is 11.7 Å². The van der Waals surface area contributed by atoms with E-state index in [2.05, 4.69) is 0 Å². The molecule has 0 saturated heterocycles. The minimum absolute atomic E-state index is 0.218. The zero-order chi connectivity index (χ0) is 23.9. The fourth-order valence-electron chi connectivity index (χ4n) is 5.44. The van der Waals surface area contributed by atoms with Gasteiger partial charge in [0, 0.05) is 12.0 Å². The highest BCUT2D eigenvalue weighted by Crippen LogP contribution is 2.54. The fourth-order valence-corrected chi connectivity index (χ4v) is 5.44. The molecule has 2 unspecified atom stereocenters. The summed E-state index contributed by atoms with van der Waals surface area (Å²) in [5.74, 6) is -14.6. The van der Waals surface area contributed by atoms with Crippen LogP contribution in [-0.2, 0) is 19.2 Å². The number of nitrogens with two attached hydrogens (primary N) is 1. The number of nitro groups is 1. The van der Waals surface area contributed by atoms with Crippen LogP contribution in [0, 0.1) is 33.8 Å². The van der Waals surface area contributed by atoms with Gasteiger partial charge < -0.3 is 21.1 Å². The lowest BCUT2D eigenvalue weighted by molar-refractivity contribution is -0.385. The molecule has 3 aliphatic carbocycles. The molecule has 2 saturated carbocycles. The van der Waals surface area contributed by atoms with Crippen LogP contribution in [-0.4, -0.2) is 61.0 Å². The molecule has 1 amide bonds. The average molecular weight is 446 g/mol. The first-order valence-electron chi connectivity index (χ1n) is 9.72. The Bertz CT molecular complexity index is 1140. The number of hydrogen-bond acceptors (Lipinski definition) is 10. The number of benzene rings is 1. The highest BCUT2D eigenvalue weighted by Gasteiger charge is 2.69. The van der Waals surface area contributed by atoms with Crippen molar-refractivity contribution in [2.75, 3.05) is 0 Å². The van der Waals surface area contributed by atoms with Gasteiger partial charge in [-0.1, -0.05) is 13.0 Å². The molecule has 32 heavy (non-hydrogen) atoms. The minimum Gasteiger partial charge on any atom is -0.502 e. The lowest BCUT2D eigenvalue weighted by Gasteiger charge is -2.51. The topological polar surface area (TPSA) is 215 Å². The molecular formula is C20H18N2O10. The molecule has 3 aliphatic rings. The van der Waals surface area contributed by atoms with Crippen LogP contribution < -0.4 is 5.73 Å². The number of ketones is 4. The van der Waals surface area contributed by atoms with Crippen molar-refractivity contribution in [2.45, 2.75) is 31.0 Å². The van der Waals surface area contributed by atoms with Crippen molar-refractivity contribution in [1.29, 1.82) is 0 Å². The van der Waals surface area contributed by atoms with E-state index < -0.39 is 92.3 Å². The van der Waals surface area contributed by atoms with Crippen LogP contribution in [0.25, 0.3) is 0 Å². The summed E-state index contributed by atoms with van der Waals surface area (Å²) < 4.78 is 0. The van der Waals surface area contributed by atoms with Crippen LogP contribution in [0.5, 0.6) is 5.75 Å². The number of phenolic OH excluding ortho intramolecular Hbond substituents is 1. The molecular weight excluding hydrogens is 428 g/mol. The van der Waals surface area contributed by atoms with E-state index in [1.165, 1.54) is 6.07 Å². The van der Waals surface area contributed by atoms with Crippen molar-refractivity contribution in [2.24, 2.45) is 29.4 Å². The van der Waals surface area contributed by atoms with Gasteiger partial charge in [0.1, 0.15) is 6.10 Å². The molecule has 12 nitrogen and oxygen atoms in total. The molecule has 1 aromatic carbocycles. The first kappa shape index (κ1) is 21.7.